The molecule has 1 N–H and O–H groups in total. The zero-order chi connectivity index (χ0) is 10.8. The number of rotatable bonds is 3. The minimum atomic E-state index is 0.419. The van der Waals surface area contributed by atoms with Crippen molar-refractivity contribution in [3.8, 4) is 0 Å². The van der Waals surface area contributed by atoms with Gasteiger partial charge in [-0.3, -0.25) is 4.68 Å². The van der Waals surface area contributed by atoms with E-state index in [0.717, 1.165) is 5.69 Å². The topological polar surface area (TPSA) is 29.9 Å². The predicted octanol–water partition coefficient (Wildman–Crippen LogP) is 1.88. The van der Waals surface area contributed by atoms with E-state index in [0.29, 0.717) is 12.1 Å². The quantitative estimate of drug-likeness (QED) is 0.852. The molecule has 0 aromatic carbocycles. The molecule has 0 spiro atoms. The molecule has 1 aliphatic heterocycles. The molecular formula is C11H19N3S. The van der Waals surface area contributed by atoms with Gasteiger partial charge in [-0.1, -0.05) is 0 Å². The fraction of sp³-hybridized carbons (Fsp3) is 0.727. The number of nitrogens with one attached hydrogen (secondary N) is 1. The minimum Gasteiger partial charge on any atom is -0.306 e. The lowest BCUT2D eigenvalue weighted by Gasteiger charge is -2.18. The Labute approximate surface area is 95.6 Å². The van der Waals surface area contributed by atoms with Crippen LogP contribution in [-0.2, 0) is 7.05 Å². The van der Waals surface area contributed by atoms with Gasteiger partial charge in [0.1, 0.15) is 0 Å². The molecular weight excluding hydrogens is 206 g/mol. The maximum Gasteiger partial charge on any atom is 0.0641 e. The maximum atomic E-state index is 4.38. The number of aryl methyl sites for hydroxylation is 2. The summed E-state index contributed by atoms with van der Waals surface area (Å²) in [4.78, 5) is 0. The normalized spacial score (nSPS) is 23.3. The van der Waals surface area contributed by atoms with Crippen molar-refractivity contribution >= 4 is 11.8 Å². The number of aromatic nitrogens is 2. The Morgan fingerprint density at radius 3 is 3.00 bits per heavy atom. The predicted molar refractivity (Wildman–Crippen MR) is 65.2 cm³/mol. The number of hydrogen-bond donors (Lipinski definition) is 1. The van der Waals surface area contributed by atoms with Gasteiger partial charge in [-0.15, -0.1) is 0 Å². The summed E-state index contributed by atoms with van der Waals surface area (Å²) >= 11 is 2.05. The summed E-state index contributed by atoms with van der Waals surface area (Å²) < 4.78 is 1.90. The highest BCUT2D eigenvalue weighted by Crippen LogP contribution is 2.22. The number of thioether (sulfide) groups is 1. The molecule has 0 saturated carbocycles. The molecule has 2 unspecified atom stereocenters. The second kappa shape index (κ2) is 4.58. The lowest BCUT2D eigenvalue weighted by atomic mass is 10.1. The summed E-state index contributed by atoms with van der Waals surface area (Å²) in [6.45, 7) is 4.31. The highest BCUT2D eigenvalue weighted by molar-refractivity contribution is 7.99. The van der Waals surface area contributed by atoms with Gasteiger partial charge in [-0.25, -0.2) is 0 Å². The van der Waals surface area contributed by atoms with E-state index in [9.17, 15) is 0 Å². The molecule has 84 valence electrons. The molecule has 2 atom stereocenters. The molecule has 3 nitrogen and oxygen atoms in total. The van der Waals surface area contributed by atoms with Gasteiger partial charge in [0.2, 0.25) is 0 Å². The Kier molecular flexibility index (Phi) is 3.36. The first-order chi connectivity index (χ1) is 7.16. The third kappa shape index (κ3) is 2.55. The summed E-state index contributed by atoms with van der Waals surface area (Å²) in [7, 11) is 1.98. The number of hydrogen-bond acceptors (Lipinski definition) is 3. The van der Waals surface area contributed by atoms with E-state index in [1.165, 1.54) is 23.5 Å². The summed E-state index contributed by atoms with van der Waals surface area (Å²) in [6, 6.07) is 1.10. The van der Waals surface area contributed by atoms with E-state index in [1.54, 1.807) is 0 Å². The van der Waals surface area contributed by atoms with Gasteiger partial charge in [0.25, 0.3) is 0 Å². The fourth-order valence-electron chi connectivity index (χ4n) is 2.15. The van der Waals surface area contributed by atoms with Crippen LogP contribution in [0, 0.1) is 6.92 Å². The van der Waals surface area contributed by atoms with Crippen LogP contribution in [0.1, 0.15) is 30.6 Å². The van der Waals surface area contributed by atoms with Crippen LogP contribution in [0.3, 0.4) is 0 Å². The monoisotopic (exact) mass is 225 g/mol. The van der Waals surface area contributed by atoms with E-state index >= 15 is 0 Å². The number of nitrogens with zero attached hydrogens (tertiary/aromatic N) is 2. The van der Waals surface area contributed by atoms with E-state index < -0.39 is 0 Å². The smallest absolute Gasteiger partial charge is 0.0641 e. The molecule has 1 aliphatic rings. The Balaban J connectivity index is 2.00. The Bertz CT molecular complexity index is 329. The average Bonchev–Trinajstić information content (AvgIpc) is 2.75. The third-order valence-electron chi connectivity index (χ3n) is 2.93. The van der Waals surface area contributed by atoms with Crippen molar-refractivity contribution in [3.05, 3.63) is 17.5 Å². The first-order valence-electron chi connectivity index (χ1n) is 5.50. The van der Waals surface area contributed by atoms with Gasteiger partial charge in [0.05, 0.1) is 5.69 Å². The largest absolute Gasteiger partial charge is 0.306 e. The molecule has 0 aliphatic carbocycles. The molecule has 1 aromatic rings. The van der Waals surface area contributed by atoms with Crippen LogP contribution in [0.5, 0.6) is 0 Å². The molecule has 4 heteroatoms. The van der Waals surface area contributed by atoms with Crippen LogP contribution in [-0.4, -0.2) is 27.3 Å². The van der Waals surface area contributed by atoms with Gasteiger partial charge in [-0.05, 0) is 26.0 Å². The van der Waals surface area contributed by atoms with Crippen molar-refractivity contribution in [2.24, 2.45) is 7.05 Å². The standard InChI is InChI=1S/C11H19N3S/c1-8(12-10-4-5-15-7-10)11-6-14(3)13-9(11)2/h6,8,10,12H,4-5,7H2,1-3H3. The average molecular weight is 225 g/mol. The zero-order valence-corrected chi connectivity index (χ0v) is 10.5. The van der Waals surface area contributed by atoms with Crippen molar-refractivity contribution in [1.29, 1.82) is 0 Å². The van der Waals surface area contributed by atoms with Crippen LogP contribution < -0.4 is 5.32 Å². The SMILES string of the molecule is Cc1nn(C)cc1C(C)NC1CCSC1. The Morgan fingerprint density at radius 1 is 1.67 bits per heavy atom. The summed E-state index contributed by atoms with van der Waals surface area (Å²) in [5, 5.41) is 8.05. The lowest BCUT2D eigenvalue weighted by molar-refractivity contribution is 0.484. The molecule has 15 heavy (non-hydrogen) atoms. The lowest BCUT2D eigenvalue weighted by Crippen LogP contribution is -2.31. The van der Waals surface area contributed by atoms with Crippen molar-refractivity contribution in [2.75, 3.05) is 11.5 Å². The second-order valence-corrected chi connectivity index (χ2v) is 5.44. The Morgan fingerprint density at radius 2 is 2.47 bits per heavy atom. The molecule has 1 saturated heterocycles. The highest BCUT2D eigenvalue weighted by Gasteiger charge is 2.19. The van der Waals surface area contributed by atoms with Crippen LogP contribution >= 0.6 is 11.8 Å². The maximum absolute atomic E-state index is 4.38. The van der Waals surface area contributed by atoms with Crippen LogP contribution in [0.2, 0.25) is 0 Å². The molecule has 0 amide bonds. The van der Waals surface area contributed by atoms with E-state index in [-0.39, 0.29) is 0 Å². The highest BCUT2D eigenvalue weighted by atomic mass is 32.2. The fourth-order valence-corrected chi connectivity index (χ4v) is 3.32. The van der Waals surface area contributed by atoms with Crippen molar-refractivity contribution in [2.45, 2.75) is 32.4 Å². The van der Waals surface area contributed by atoms with Crippen molar-refractivity contribution in [1.82, 2.24) is 15.1 Å². The van der Waals surface area contributed by atoms with Crippen molar-refractivity contribution in [3.63, 3.8) is 0 Å². The van der Waals surface area contributed by atoms with Crippen LogP contribution in [0.4, 0.5) is 0 Å². The molecule has 0 bridgehead atoms. The molecule has 2 heterocycles. The first-order valence-corrected chi connectivity index (χ1v) is 6.66. The molecule has 1 fully saturated rings. The van der Waals surface area contributed by atoms with Gasteiger partial charge in [-0.2, -0.15) is 16.9 Å². The molecule has 2 rings (SSSR count). The summed E-state index contributed by atoms with van der Waals surface area (Å²) in [5.74, 6) is 2.56. The second-order valence-electron chi connectivity index (χ2n) is 4.29. The van der Waals surface area contributed by atoms with E-state index in [4.69, 9.17) is 0 Å². The summed E-state index contributed by atoms with van der Waals surface area (Å²) in [6.07, 6.45) is 3.42. The van der Waals surface area contributed by atoms with Crippen LogP contribution in [0.25, 0.3) is 0 Å². The third-order valence-corrected chi connectivity index (χ3v) is 4.10. The van der Waals surface area contributed by atoms with Gasteiger partial charge in [0.15, 0.2) is 0 Å². The van der Waals surface area contributed by atoms with E-state index in [2.05, 4.69) is 30.5 Å². The zero-order valence-electron chi connectivity index (χ0n) is 9.66. The molecule has 0 radical (unpaired) electrons. The van der Waals surface area contributed by atoms with Gasteiger partial charge in [0, 0.05) is 36.6 Å². The van der Waals surface area contributed by atoms with E-state index in [1.807, 2.05) is 23.5 Å². The Hall–Kier alpha value is -0.480. The minimum absolute atomic E-state index is 0.419. The van der Waals surface area contributed by atoms with Gasteiger partial charge < -0.3 is 5.32 Å². The van der Waals surface area contributed by atoms with Gasteiger partial charge >= 0.3 is 0 Å². The van der Waals surface area contributed by atoms with Crippen LogP contribution in [0.15, 0.2) is 6.20 Å². The van der Waals surface area contributed by atoms with Crippen molar-refractivity contribution < 1.29 is 0 Å². The first kappa shape index (κ1) is 11.0. The molecule has 1 aromatic heterocycles. The summed E-state index contributed by atoms with van der Waals surface area (Å²) in [5.41, 5.74) is 2.47.